The zero-order valence-corrected chi connectivity index (χ0v) is 22.5. The van der Waals surface area contributed by atoms with Crippen LogP contribution in [0.2, 0.25) is 0 Å². The number of piperidine rings is 2. The summed E-state index contributed by atoms with van der Waals surface area (Å²) in [5.41, 5.74) is 8.17. The highest BCUT2D eigenvalue weighted by Crippen LogP contribution is 2.47. The molecule has 0 bridgehead atoms. The number of halogens is 3. The van der Waals surface area contributed by atoms with E-state index in [0.717, 1.165) is 59.8 Å². The predicted molar refractivity (Wildman–Crippen MR) is 149 cm³/mol. The van der Waals surface area contributed by atoms with Gasteiger partial charge in [0.1, 0.15) is 11.6 Å². The smallest absolute Gasteiger partial charge is 0.344 e. The second-order valence-corrected chi connectivity index (χ2v) is 12.7. The Morgan fingerprint density at radius 3 is 2.05 bits per heavy atom. The zero-order valence-electron chi connectivity index (χ0n) is 22.5. The molecule has 0 amide bonds. The maximum Gasteiger partial charge on any atom is 0.394 e. The molecule has 2 aromatic heterocycles. The summed E-state index contributed by atoms with van der Waals surface area (Å²) in [6, 6.07) is 15.9. The fraction of sp³-hybridized carbons (Fsp3) is 0.438. The van der Waals surface area contributed by atoms with Gasteiger partial charge in [-0.15, -0.1) is 0 Å². The SMILES string of the molecule is FC(F)(F)Cc1nc([C@@H]2C[C@H]3C[C@H]3N2)[nH]c1-c1ccc(-c2ccc3c(c2)CCc2[nH]c([C@@H]4C[C@H]5C[C@H]5N4)nc2-3)cc1. The number of hydrogen-bond acceptors (Lipinski definition) is 4. The van der Waals surface area contributed by atoms with Gasteiger partial charge in [0, 0.05) is 23.3 Å². The first kappa shape index (κ1) is 24.2. The molecule has 4 heterocycles. The van der Waals surface area contributed by atoms with Gasteiger partial charge in [-0.1, -0.05) is 42.5 Å². The third-order valence-electron chi connectivity index (χ3n) is 9.89. The van der Waals surface area contributed by atoms with Crippen molar-refractivity contribution in [2.75, 3.05) is 0 Å². The van der Waals surface area contributed by atoms with Crippen molar-refractivity contribution < 1.29 is 13.2 Å². The second kappa shape index (κ2) is 8.55. The number of rotatable bonds is 5. The molecule has 4 N–H and O–H groups in total. The van der Waals surface area contributed by atoms with E-state index in [2.05, 4.69) is 43.8 Å². The minimum absolute atomic E-state index is 0.000374. The zero-order chi connectivity index (χ0) is 27.5. The highest BCUT2D eigenvalue weighted by Gasteiger charge is 2.48. The number of imidazole rings is 2. The van der Waals surface area contributed by atoms with Crippen LogP contribution in [0.3, 0.4) is 0 Å². The van der Waals surface area contributed by atoms with Gasteiger partial charge in [-0.05, 0) is 72.6 Å². The van der Waals surface area contributed by atoms with Crippen molar-refractivity contribution in [1.29, 1.82) is 0 Å². The van der Waals surface area contributed by atoms with Gasteiger partial charge < -0.3 is 20.6 Å². The summed E-state index contributed by atoms with van der Waals surface area (Å²) < 4.78 is 40.3. The van der Waals surface area contributed by atoms with Crippen LogP contribution >= 0.6 is 0 Å². The van der Waals surface area contributed by atoms with Gasteiger partial charge >= 0.3 is 6.18 Å². The first-order chi connectivity index (χ1) is 19.8. The molecule has 2 aromatic carbocycles. The molecule has 4 fully saturated rings. The summed E-state index contributed by atoms with van der Waals surface area (Å²) in [7, 11) is 0. The molecule has 2 saturated heterocycles. The van der Waals surface area contributed by atoms with E-state index in [1.165, 1.54) is 29.7 Å². The molecule has 5 aliphatic rings. The van der Waals surface area contributed by atoms with E-state index in [-0.39, 0.29) is 11.7 Å². The Labute approximate surface area is 235 Å². The van der Waals surface area contributed by atoms with E-state index in [1.54, 1.807) is 0 Å². The lowest BCUT2D eigenvalue weighted by Crippen LogP contribution is -2.19. The fourth-order valence-electron chi connectivity index (χ4n) is 7.51. The molecular formula is C32H31F3N6. The molecule has 9 heteroatoms. The number of H-pyrrole nitrogens is 2. The van der Waals surface area contributed by atoms with Crippen molar-refractivity contribution in [1.82, 2.24) is 30.6 Å². The number of aromatic amines is 2. The molecule has 6 atom stereocenters. The number of benzene rings is 2. The van der Waals surface area contributed by atoms with Crippen LogP contribution in [-0.4, -0.2) is 38.2 Å². The molecule has 4 aromatic rings. The first-order valence-electron chi connectivity index (χ1n) is 14.8. The van der Waals surface area contributed by atoms with Gasteiger partial charge in [-0.3, -0.25) is 0 Å². The number of fused-ring (bicyclic) bond motifs is 5. The maximum absolute atomic E-state index is 13.4. The van der Waals surface area contributed by atoms with Crippen molar-refractivity contribution >= 4 is 0 Å². The fourth-order valence-corrected chi connectivity index (χ4v) is 7.51. The van der Waals surface area contributed by atoms with Crippen LogP contribution in [0.1, 0.15) is 66.4 Å². The number of aromatic nitrogens is 4. The van der Waals surface area contributed by atoms with Gasteiger partial charge in [0.25, 0.3) is 0 Å². The van der Waals surface area contributed by atoms with E-state index in [0.29, 0.717) is 35.6 Å². The molecule has 6 nitrogen and oxygen atoms in total. The third-order valence-corrected chi connectivity index (χ3v) is 9.89. The minimum atomic E-state index is -4.32. The number of aryl methyl sites for hydroxylation is 2. The Morgan fingerprint density at radius 2 is 1.39 bits per heavy atom. The molecule has 41 heavy (non-hydrogen) atoms. The molecule has 2 aliphatic heterocycles. The molecule has 0 radical (unpaired) electrons. The lowest BCUT2D eigenvalue weighted by Gasteiger charge is -2.16. The van der Waals surface area contributed by atoms with Crippen LogP contribution in [0, 0.1) is 11.8 Å². The normalized spacial score (nSPS) is 29.1. The van der Waals surface area contributed by atoms with Crippen molar-refractivity contribution in [3.63, 3.8) is 0 Å². The Kier molecular flexibility index (Phi) is 5.04. The highest BCUT2D eigenvalue weighted by molar-refractivity contribution is 5.76. The lowest BCUT2D eigenvalue weighted by molar-refractivity contribution is -0.127. The van der Waals surface area contributed by atoms with E-state index < -0.39 is 12.6 Å². The van der Waals surface area contributed by atoms with Crippen molar-refractivity contribution in [3.05, 3.63) is 71.1 Å². The van der Waals surface area contributed by atoms with E-state index in [4.69, 9.17) is 4.98 Å². The van der Waals surface area contributed by atoms with Crippen LogP contribution in [-0.2, 0) is 19.3 Å². The topological polar surface area (TPSA) is 81.4 Å². The van der Waals surface area contributed by atoms with Gasteiger partial charge in [-0.25, -0.2) is 9.97 Å². The van der Waals surface area contributed by atoms with Gasteiger partial charge in [0.05, 0.1) is 35.6 Å². The van der Waals surface area contributed by atoms with Crippen molar-refractivity contribution in [3.8, 4) is 33.6 Å². The first-order valence-corrected chi connectivity index (χ1v) is 14.8. The van der Waals surface area contributed by atoms with Gasteiger partial charge in [0.2, 0.25) is 0 Å². The summed E-state index contributed by atoms with van der Waals surface area (Å²) in [6.45, 7) is 0. The average molecular weight is 557 g/mol. The highest BCUT2D eigenvalue weighted by atomic mass is 19.4. The number of hydrogen-bond donors (Lipinski definition) is 4. The van der Waals surface area contributed by atoms with Gasteiger partial charge in [-0.2, -0.15) is 13.2 Å². The van der Waals surface area contributed by atoms with Crippen molar-refractivity contribution in [2.45, 2.75) is 75.3 Å². The monoisotopic (exact) mass is 556 g/mol. The molecule has 0 spiro atoms. The molecule has 0 unspecified atom stereocenters. The predicted octanol–water partition coefficient (Wildman–Crippen LogP) is 6.18. The van der Waals surface area contributed by atoms with Crippen molar-refractivity contribution in [2.24, 2.45) is 11.8 Å². The Balaban J connectivity index is 0.988. The van der Waals surface area contributed by atoms with Crippen LogP contribution in [0.5, 0.6) is 0 Å². The van der Waals surface area contributed by atoms with Crippen LogP contribution in [0.25, 0.3) is 33.6 Å². The molecule has 210 valence electrons. The Hall–Kier alpha value is -3.43. The minimum Gasteiger partial charge on any atom is -0.344 e. The number of nitrogens with one attached hydrogen (secondary N) is 4. The molecular weight excluding hydrogens is 525 g/mol. The lowest BCUT2D eigenvalue weighted by atomic mass is 9.89. The maximum atomic E-state index is 13.4. The second-order valence-electron chi connectivity index (χ2n) is 12.7. The summed E-state index contributed by atoms with van der Waals surface area (Å²) in [6.07, 6.45) is 1.10. The molecule has 3 aliphatic carbocycles. The molecule has 2 saturated carbocycles. The Bertz CT molecular complexity index is 1650. The van der Waals surface area contributed by atoms with Crippen LogP contribution in [0.15, 0.2) is 42.5 Å². The number of alkyl halides is 3. The average Bonchev–Trinajstić information content (AvgIpc) is 3.54. The summed E-state index contributed by atoms with van der Waals surface area (Å²) in [5.74, 6) is 3.14. The largest absolute Gasteiger partial charge is 0.394 e. The van der Waals surface area contributed by atoms with E-state index in [1.807, 2.05) is 24.3 Å². The number of nitrogens with zero attached hydrogens (tertiary/aromatic N) is 2. The summed E-state index contributed by atoms with van der Waals surface area (Å²) in [4.78, 5) is 16.3. The van der Waals surface area contributed by atoms with Gasteiger partial charge in [0.15, 0.2) is 0 Å². The summed E-state index contributed by atoms with van der Waals surface area (Å²) in [5, 5.41) is 7.19. The quantitative estimate of drug-likeness (QED) is 0.237. The Morgan fingerprint density at radius 1 is 0.732 bits per heavy atom. The standard InChI is InChI=1S/C32H31F3N6/c33-32(34,35)14-27-28(40-31(39-27)26-13-20-11-24(20)37-26)16-3-1-15(2-4-16)17-5-7-21-18(9-17)6-8-22-29(21)41-30(38-22)25-12-19-10-23(19)36-25/h1-5,7,9,19-20,23-26,36-37H,6,8,10-14H2,(H,38,41)(H,39,40)/t19-,20-,23-,24-,25+,26+/m1/s1. The van der Waals surface area contributed by atoms with Crippen LogP contribution < -0.4 is 10.6 Å². The van der Waals surface area contributed by atoms with Crippen LogP contribution in [0.4, 0.5) is 13.2 Å². The van der Waals surface area contributed by atoms with E-state index >= 15 is 0 Å². The van der Waals surface area contributed by atoms with E-state index in [9.17, 15) is 13.2 Å². The molecule has 9 rings (SSSR count). The third kappa shape index (κ3) is 4.24. The summed E-state index contributed by atoms with van der Waals surface area (Å²) >= 11 is 0.